The molecule has 2 fully saturated rings. The molecule has 2 aromatic heterocycles. The third kappa shape index (κ3) is 4.72. The average molecular weight is 479 g/mol. The molecule has 186 valence electrons. The van der Waals surface area contributed by atoms with E-state index in [0.29, 0.717) is 5.69 Å². The Labute approximate surface area is 206 Å². The van der Waals surface area contributed by atoms with Gasteiger partial charge in [-0.2, -0.15) is 5.10 Å². The Balaban J connectivity index is 1.48. The van der Waals surface area contributed by atoms with Crippen LogP contribution in [0.1, 0.15) is 87.4 Å². The molecule has 0 spiro atoms. The zero-order valence-electron chi connectivity index (χ0n) is 20.9. The number of aromatic nitrogens is 3. The molecule has 8 heteroatoms. The summed E-state index contributed by atoms with van der Waals surface area (Å²) in [5.74, 6) is -0.268. The number of hydrogen-bond acceptors (Lipinski definition) is 5. The summed E-state index contributed by atoms with van der Waals surface area (Å²) < 4.78 is 3.02. The van der Waals surface area contributed by atoms with E-state index >= 15 is 0 Å². The average Bonchev–Trinajstić information content (AvgIpc) is 3.48. The fraction of sp³-hybridized carbons (Fsp3) is 0.519. The number of nitrogens with zero attached hydrogens (tertiary/aromatic N) is 4. The van der Waals surface area contributed by atoms with E-state index in [9.17, 15) is 15.1 Å². The zero-order chi connectivity index (χ0) is 24.7. The molecule has 1 saturated heterocycles. The van der Waals surface area contributed by atoms with Crippen LogP contribution < -0.4 is 14.9 Å². The van der Waals surface area contributed by atoms with Gasteiger partial charge in [0.2, 0.25) is 5.69 Å². The third-order valence-corrected chi connectivity index (χ3v) is 7.56. The number of anilines is 2. The maximum absolute atomic E-state index is 13.3. The summed E-state index contributed by atoms with van der Waals surface area (Å²) in [5, 5.41) is 29.9. The number of carbonyl (C=O) groups is 1. The minimum Gasteiger partial charge on any atom is -0.390 e. The second kappa shape index (κ2) is 9.15. The Morgan fingerprint density at radius 3 is 2.60 bits per heavy atom. The Hall–Kier alpha value is -3.13. The third-order valence-electron chi connectivity index (χ3n) is 7.56. The van der Waals surface area contributed by atoms with E-state index in [1.54, 1.807) is 12.1 Å². The molecule has 35 heavy (non-hydrogen) atoms. The van der Waals surface area contributed by atoms with Crippen molar-refractivity contribution in [1.29, 1.82) is 0 Å². The van der Waals surface area contributed by atoms with Gasteiger partial charge in [-0.15, -0.1) is 0 Å². The lowest BCUT2D eigenvalue weighted by Crippen LogP contribution is -2.43. The maximum Gasteiger partial charge on any atom is 0.325 e. The highest BCUT2D eigenvalue weighted by molar-refractivity contribution is 6.05. The minimum absolute atomic E-state index is 0.0820. The van der Waals surface area contributed by atoms with Crippen molar-refractivity contribution in [3.8, 4) is 0 Å². The van der Waals surface area contributed by atoms with E-state index < -0.39 is 5.60 Å². The summed E-state index contributed by atoms with van der Waals surface area (Å²) in [5.41, 5.74) is 2.89. The second-order valence-corrected chi connectivity index (χ2v) is 10.7. The number of carbonyl (C=O) groups excluding carboxylic acids is 1. The molecule has 1 aliphatic carbocycles. The molecule has 3 aromatic rings. The number of pyridine rings is 1. The SMILES string of the molecule is CC(C)c1cccc(C(=O)Nc2cc3cn([C@H]4CC[C@](C)(O)CC4)nc3cc2N2CCCC2)[n+]1O. The van der Waals surface area contributed by atoms with E-state index in [1.807, 2.05) is 37.6 Å². The number of hydrogen-bond donors (Lipinski definition) is 3. The van der Waals surface area contributed by atoms with Gasteiger partial charge in [0.15, 0.2) is 0 Å². The highest BCUT2D eigenvalue weighted by atomic mass is 16.5. The summed E-state index contributed by atoms with van der Waals surface area (Å²) in [7, 11) is 0. The maximum atomic E-state index is 13.3. The first-order valence-electron chi connectivity index (χ1n) is 12.8. The van der Waals surface area contributed by atoms with Gasteiger partial charge < -0.3 is 15.3 Å². The van der Waals surface area contributed by atoms with Gasteiger partial charge in [-0.1, -0.05) is 13.8 Å². The van der Waals surface area contributed by atoms with Crippen molar-refractivity contribution in [3.63, 3.8) is 0 Å². The van der Waals surface area contributed by atoms with Gasteiger partial charge in [-0.25, -0.2) is 0 Å². The van der Waals surface area contributed by atoms with E-state index in [-0.39, 0.29) is 23.6 Å². The van der Waals surface area contributed by atoms with Crippen LogP contribution in [-0.2, 0) is 0 Å². The van der Waals surface area contributed by atoms with Crippen LogP contribution in [0.25, 0.3) is 10.9 Å². The standard InChI is InChI=1S/C27H35N5O3/c1-18(2)23-7-6-8-24(32(23)35)26(33)28-22-15-19-17-31(20-9-11-27(3,34)12-10-20)29-21(19)16-25(22)30-13-4-5-14-30/h6-8,15-18,20,34H,4-5,9-14H2,1-3H3,(H-,28,33,35)/p+1/t20-,27-. The smallest absolute Gasteiger partial charge is 0.325 e. The predicted molar refractivity (Wildman–Crippen MR) is 135 cm³/mol. The van der Waals surface area contributed by atoms with Crippen LogP contribution in [0.3, 0.4) is 0 Å². The summed E-state index contributed by atoms with van der Waals surface area (Å²) in [4.78, 5) is 15.6. The molecule has 0 unspecified atom stereocenters. The fourth-order valence-corrected chi connectivity index (χ4v) is 5.39. The van der Waals surface area contributed by atoms with Crippen molar-refractivity contribution in [2.75, 3.05) is 23.3 Å². The van der Waals surface area contributed by atoms with E-state index in [0.717, 1.165) is 78.6 Å². The minimum atomic E-state index is -0.583. The Bertz CT molecular complexity index is 1230. The van der Waals surface area contributed by atoms with Gasteiger partial charge in [0.05, 0.1) is 28.5 Å². The lowest BCUT2D eigenvalue weighted by atomic mass is 9.84. The molecule has 0 atom stereocenters. The van der Waals surface area contributed by atoms with Crippen LogP contribution in [0.4, 0.5) is 11.4 Å². The molecule has 3 heterocycles. The Kier molecular flexibility index (Phi) is 6.17. The van der Waals surface area contributed by atoms with Crippen LogP contribution >= 0.6 is 0 Å². The van der Waals surface area contributed by atoms with Crippen molar-refractivity contribution in [2.45, 2.75) is 76.9 Å². The molecule has 8 nitrogen and oxygen atoms in total. The highest BCUT2D eigenvalue weighted by Gasteiger charge is 2.31. The van der Waals surface area contributed by atoms with Crippen molar-refractivity contribution in [3.05, 3.63) is 47.9 Å². The lowest BCUT2D eigenvalue weighted by Gasteiger charge is -2.33. The quantitative estimate of drug-likeness (QED) is 0.373. The molecule has 1 saturated carbocycles. The summed E-state index contributed by atoms with van der Waals surface area (Å²) in [6, 6.07) is 9.59. The van der Waals surface area contributed by atoms with Crippen LogP contribution in [0, 0.1) is 0 Å². The zero-order valence-corrected chi connectivity index (χ0v) is 20.9. The van der Waals surface area contributed by atoms with Gasteiger partial charge >= 0.3 is 11.6 Å². The van der Waals surface area contributed by atoms with E-state index in [1.165, 1.54) is 0 Å². The number of aliphatic hydroxyl groups is 1. The second-order valence-electron chi connectivity index (χ2n) is 10.7. The van der Waals surface area contributed by atoms with Crippen molar-refractivity contribution in [1.82, 2.24) is 9.78 Å². The van der Waals surface area contributed by atoms with E-state index in [2.05, 4.69) is 22.5 Å². The summed E-state index contributed by atoms with van der Waals surface area (Å²) in [6.45, 7) is 7.75. The van der Waals surface area contributed by atoms with E-state index in [4.69, 9.17) is 5.10 Å². The van der Waals surface area contributed by atoms with Gasteiger partial charge in [-0.05, 0) is 63.6 Å². The first-order chi connectivity index (χ1) is 16.7. The van der Waals surface area contributed by atoms with Crippen LogP contribution in [0.5, 0.6) is 0 Å². The molecule has 5 rings (SSSR count). The summed E-state index contributed by atoms with van der Waals surface area (Å²) >= 11 is 0. The van der Waals surface area contributed by atoms with Crippen LogP contribution in [-0.4, -0.2) is 44.7 Å². The Morgan fingerprint density at radius 1 is 1.20 bits per heavy atom. The fourth-order valence-electron chi connectivity index (χ4n) is 5.39. The molecule has 2 aliphatic rings. The molecule has 1 aliphatic heterocycles. The Morgan fingerprint density at radius 2 is 1.91 bits per heavy atom. The van der Waals surface area contributed by atoms with Gasteiger partial charge in [0.25, 0.3) is 0 Å². The van der Waals surface area contributed by atoms with Gasteiger partial charge in [-0.3, -0.25) is 14.7 Å². The molecule has 1 aromatic carbocycles. The molecule has 0 radical (unpaired) electrons. The number of fused-ring (bicyclic) bond motifs is 1. The molecular weight excluding hydrogens is 442 g/mol. The van der Waals surface area contributed by atoms with Crippen molar-refractivity contribution >= 4 is 28.2 Å². The number of amides is 1. The molecular formula is C27H36N5O3+. The number of benzene rings is 1. The normalized spacial score (nSPS) is 22.8. The van der Waals surface area contributed by atoms with Gasteiger partial charge in [0.1, 0.15) is 0 Å². The largest absolute Gasteiger partial charge is 0.390 e. The predicted octanol–water partition coefficient (Wildman–Crippen LogP) is 4.40. The first-order valence-corrected chi connectivity index (χ1v) is 12.8. The summed E-state index contributed by atoms with van der Waals surface area (Å²) in [6.07, 6.45) is 7.62. The molecule has 3 N–H and O–H groups in total. The molecule has 1 amide bonds. The lowest BCUT2D eigenvalue weighted by molar-refractivity contribution is -0.911. The number of nitrogens with one attached hydrogen (secondary N) is 1. The van der Waals surface area contributed by atoms with Gasteiger partial charge in [0, 0.05) is 47.5 Å². The topological polar surface area (TPSA) is 94.5 Å². The highest BCUT2D eigenvalue weighted by Crippen LogP contribution is 2.37. The van der Waals surface area contributed by atoms with Crippen LogP contribution in [0.2, 0.25) is 0 Å². The van der Waals surface area contributed by atoms with Crippen LogP contribution in [0.15, 0.2) is 36.5 Å². The number of rotatable bonds is 5. The van der Waals surface area contributed by atoms with Crippen molar-refractivity contribution in [2.24, 2.45) is 0 Å². The first kappa shape index (κ1) is 23.6. The monoisotopic (exact) mass is 478 g/mol. The van der Waals surface area contributed by atoms with Crippen molar-refractivity contribution < 1.29 is 19.8 Å². The molecule has 0 bridgehead atoms.